The lowest BCUT2D eigenvalue weighted by molar-refractivity contribution is 0.0564. The van der Waals surface area contributed by atoms with E-state index in [9.17, 15) is 14.7 Å². The molecular weight excluding hydrogens is 647 g/mol. The van der Waals surface area contributed by atoms with Crippen LogP contribution in [0.5, 0.6) is 5.75 Å². The minimum Gasteiger partial charge on any atom is -0.489 e. The predicted molar refractivity (Wildman–Crippen MR) is 187 cm³/mol. The average molecular weight is 683 g/mol. The molecule has 0 atom stereocenters. The van der Waals surface area contributed by atoms with Crippen molar-refractivity contribution in [1.29, 1.82) is 0 Å². The summed E-state index contributed by atoms with van der Waals surface area (Å²) in [7, 11) is 0. The van der Waals surface area contributed by atoms with E-state index in [1.54, 1.807) is 35.2 Å². The maximum Gasteiger partial charge on any atom is 0.335 e. The van der Waals surface area contributed by atoms with Gasteiger partial charge in [0.15, 0.2) is 0 Å². The van der Waals surface area contributed by atoms with E-state index in [-0.39, 0.29) is 24.2 Å². The molecule has 1 aliphatic carbocycles. The summed E-state index contributed by atoms with van der Waals surface area (Å²) in [5.41, 5.74) is 4.99. The predicted octanol–water partition coefficient (Wildman–Crippen LogP) is 8.81. The van der Waals surface area contributed by atoms with E-state index in [0.717, 1.165) is 54.3 Å². The molecular formula is C38H36ClFN4O5. The first-order valence-corrected chi connectivity index (χ1v) is 16.9. The summed E-state index contributed by atoms with van der Waals surface area (Å²) in [6.07, 6.45) is 5.20. The number of urea groups is 1. The summed E-state index contributed by atoms with van der Waals surface area (Å²) in [4.78, 5) is 31.1. The minimum absolute atomic E-state index is 0.108. The van der Waals surface area contributed by atoms with Gasteiger partial charge in [0.25, 0.3) is 0 Å². The molecule has 2 heterocycles. The molecule has 1 aliphatic heterocycles. The summed E-state index contributed by atoms with van der Waals surface area (Å²) in [5, 5.41) is 13.2. The second-order valence-electron chi connectivity index (χ2n) is 12.4. The molecule has 5 aromatic rings. The third-order valence-electron chi connectivity index (χ3n) is 9.26. The SMILES string of the molecule is O=C(O)c1ccc2c(c1)nc(-c1ccc(OCc3cc(NC(=O)N4CCOCC4)ccc3-c3ccc(Cl)cc3)cc1F)n2C1CCCCC1. The van der Waals surface area contributed by atoms with Crippen molar-refractivity contribution in [2.75, 3.05) is 31.6 Å². The molecule has 0 unspecified atom stereocenters. The average Bonchev–Trinajstić information content (AvgIpc) is 3.50. The molecule has 11 heteroatoms. The van der Waals surface area contributed by atoms with Gasteiger partial charge in [-0.15, -0.1) is 0 Å². The zero-order chi connectivity index (χ0) is 33.9. The van der Waals surface area contributed by atoms with Crippen LogP contribution in [0, 0.1) is 5.82 Å². The van der Waals surface area contributed by atoms with E-state index in [1.807, 2.05) is 42.5 Å². The van der Waals surface area contributed by atoms with Crippen LogP contribution in [-0.4, -0.2) is 57.9 Å². The van der Waals surface area contributed by atoms with E-state index in [2.05, 4.69) is 9.88 Å². The Balaban J connectivity index is 1.17. The molecule has 0 radical (unpaired) electrons. The van der Waals surface area contributed by atoms with E-state index in [1.165, 1.54) is 6.07 Å². The zero-order valence-electron chi connectivity index (χ0n) is 26.8. The third kappa shape index (κ3) is 7.11. The first-order valence-electron chi connectivity index (χ1n) is 16.5. The summed E-state index contributed by atoms with van der Waals surface area (Å²) in [5.74, 6) is -0.720. The smallest absolute Gasteiger partial charge is 0.335 e. The van der Waals surface area contributed by atoms with Gasteiger partial charge in [0.1, 0.15) is 24.0 Å². The molecule has 0 spiro atoms. The Hall–Kier alpha value is -4.93. The fourth-order valence-corrected chi connectivity index (χ4v) is 6.86. The fourth-order valence-electron chi connectivity index (χ4n) is 6.73. The maximum atomic E-state index is 16.0. The molecule has 2 amide bonds. The highest BCUT2D eigenvalue weighted by Crippen LogP contribution is 2.38. The van der Waals surface area contributed by atoms with Crippen LogP contribution in [0.1, 0.15) is 54.1 Å². The van der Waals surface area contributed by atoms with Gasteiger partial charge in [-0.3, -0.25) is 0 Å². The Kier molecular flexibility index (Phi) is 9.50. The van der Waals surface area contributed by atoms with Crippen molar-refractivity contribution in [2.45, 2.75) is 44.8 Å². The van der Waals surface area contributed by atoms with Crippen molar-refractivity contribution in [3.8, 4) is 28.3 Å². The number of amides is 2. The van der Waals surface area contributed by atoms with Gasteiger partial charge in [-0.1, -0.05) is 49.1 Å². The van der Waals surface area contributed by atoms with Crippen molar-refractivity contribution in [3.63, 3.8) is 0 Å². The van der Waals surface area contributed by atoms with Crippen LogP contribution in [0.3, 0.4) is 0 Å². The van der Waals surface area contributed by atoms with Crippen molar-refractivity contribution in [2.24, 2.45) is 0 Å². The topological polar surface area (TPSA) is 106 Å². The van der Waals surface area contributed by atoms with Crippen LogP contribution in [0.25, 0.3) is 33.5 Å². The number of imidazole rings is 1. The second kappa shape index (κ2) is 14.3. The molecule has 2 N–H and O–H groups in total. The maximum absolute atomic E-state index is 16.0. The van der Waals surface area contributed by atoms with Crippen LogP contribution < -0.4 is 10.1 Å². The number of benzene rings is 4. The largest absolute Gasteiger partial charge is 0.489 e. The van der Waals surface area contributed by atoms with E-state index in [0.29, 0.717) is 59.7 Å². The first kappa shape index (κ1) is 32.6. The summed E-state index contributed by atoms with van der Waals surface area (Å²) in [6.45, 7) is 2.15. The van der Waals surface area contributed by atoms with Crippen molar-refractivity contribution >= 4 is 40.3 Å². The van der Waals surface area contributed by atoms with Gasteiger partial charge in [-0.05, 0) is 84.1 Å². The molecule has 2 aliphatic rings. The highest BCUT2D eigenvalue weighted by molar-refractivity contribution is 6.30. The number of carboxylic acid groups (broad SMARTS) is 1. The monoisotopic (exact) mass is 682 g/mol. The molecule has 1 saturated carbocycles. The lowest BCUT2D eigenvalue weighted by Gasteiger charge is -2.27. The molecule has 2 fully saturated rings. The molecule has 1 saturated heterocycles. The zero-order valence-corrected chi connectivity index (χ0v) is 27.6. The van der Waals surface area contributed by atoms with Crippen molar-refractivity contribution < 1.29 is 28.6 Å². The number of fused-ring (bicyclic) bond motifs is 1. The van der Waals surface area contributed by atoms with Gasteiger partial charge < -0.3 is 29.4 Å². The number of rotatable bonds is 8. The molecule has 0 bridgehead atoms. The van der Waals surface area contributed by atoms with Gasteiger partial charge in [-0.25, -0.2) is 19.0 Å². The number of morpholine rings is 1. The fraction of sp³-hybridized carbons (Fsp3) is 0.289. The van der Waals surface area contributed by atoms with E-state index < -0.39 is 11.8 Å². The normalized spacial score (nSPS) is 15.3. The van der Waals surface area contributed by atoms with Gasteiger partial charge in [0, 0.05) is 35.9 Å². The standard InChI is InChI=1S/C38H36ClFN4O5/c39-27-9-6-24(7-10-27)31-13-11-28(41-38(47)43-16-18-48-19-17-43)20-26(31)23-49-30-12-14-32(33(40)22-30)36-42-34-21-25(37(45)46)8-15-35(34)44(36)29-4-2-1-3-5-29/h6-15,20-22,29H,1-5,16-19,23H2,(H,41,47)(H,45,46). The second-order valence-corrected chi connectivity index (χ2v) is 12.9. The number of ether oxygens (including phenoxy) is 2. The number of carbonyl (C=O) groups excluding carboxylic acids is 1. The summed E-state index contributed by atoms with van der Waals surface area (Å²) < 4.78 is 29.6. The molecule has 7 rings (SSSR count). The Bertz CT molecular complexity index is 2000. The number of hydrogen-bond donors (Lipinski definition) is 2. The Morgan fingerprint density at radius 1 is 0.939 bits per heavy atom. The Morgan fingerprint density at radius 2 is 1.69 bits per heavy atom. The van der Waals surface area contributed by atoms with E-state index >= 15 is 4.39 Å². The number of carboxylic acids is 1. The number of nitrogens with zero attached hydrogens (tertiary/aromatic N) is 3. The van der Waals surface area contributed by atoms with Gasteiger partial charge in [0.05, 0.1) is 35.4 Å². The van der Waals surface area contributed by atoms with Crippen LogP contribution >= 0.6 is 11.6 Å². The van der Waals surface area contributed by atoms with Crippen LogP contribution in [0.15, 0.2) is 78.9 Å². The van der Waals surface area contributed by atoms with Crippen LogP contribution in [-0.2, 0) is 11.3 Å². The number of hydrogen-bond acceptors (Lipinski definition) is 5. The van der Waals surface area contributed by atoms with Crippen LogP contribution in [0.4, 0.5) is 14.9 Å². The Labute approximate surface area is 288 Å². The minimum atomic E-state index is -1.03. The quantitative estimate of drug-likeness (QED) is 0.169. The molecule has 1 aromatic heterocycles. The van der Waals surface area contributed by atoms with Gasteiger partial charge in [0.2, 0.25) is 0 Å². The van der Waals surface area contributed by atoms with Crippen LogP contribution in [0.2, 0.25) is 5.02 Å². The third-order valence-corrected chi connectivity index (χ3v) is 9.51. The number of aromatic nitrogens is 2. The lowest BCUT2D eigenvalue weighted by Crippen LogP contribution is -2.43. The van der Waals surface area contributed by atoms with Crippen molar-refractivity contribution in [3.05, 3.63) is 101 Å². The lowest BCUT2D eigenvalue weighted by atomic mass is 9.94. The van der Waals surface area contributed by atoms with E-state index in [4.69, 9.17) is 26.1 Å². The number of anilines is 1. The highest BCUT2D eigenvalue weighted by Gasteiger charge is 2.25. The molecule has 4 aromatic carbocycles. The van der Waals surface area contributed by atoms with Crippen molar-refractivity contribution in [1.82, 2.24) is 14.5 Å². The highest BCUT2D eigenvalue weighted by atomic mass is 35.5. The Morgan fingerprint density at radius 3 is 2.43 bits per heavy atom. The first-order chi connectivity index (χ1) is 23.8. The van der Waals surface area contributed by atoms with Gasteiger partial charge in [-0.2, -0.15) is 0 Å². The number of aromatic carboxylic acids is 1. The number of carbonyl (C=O) groups is 2. The summed E-state index contributed by atoms with van der Waals surface area (Å²) >= 11 is 6.15. The molecule has 49 heavy (non-hydrogen) atoms. The number of nitrogens with one attached hydrogen (secondary N) is 1. The summed E-state index contributed by atoms with van der Waals surface area (Å²) in [6, 6.07) is 22.7. The molecule has 252 valence electrons. The number of halogens is 2. The van der Waals surface area contributed by atoms with Gasteiger partial charge >= 0.3 is 12.0 Å². The molecule has 9 nitrogen and oxygen atoms in total.